The van der Waals surface area contributed by atoms with Gasteiger partial charge in [-0.1, -0.05) is 60.7 Å². The van der Waals surface area contributed by atoms with Gasteiger partial charge in [0.1, 0.15) is 18.2 Å². The van der Waals surface area contributed by atoms with E-state index in [0.29, 0.717) is 30.9 Å². The highest BCUT2D eigenvalue weighted by molar-refractivity contribution is 5.86. The molecule has 1 amide bonds. The van der Waals surface area contributed by atoms with Crippen molar-refractivity contribution in [1.82, 2.24) is 15.3 Å². The molecule has 9 heteroatoms. The van der Waals surface area contributed by atoms with Crippen LogP contribution >= 0.6 is 0 Å². The number of hydrogen-bond acceptors (Lipinski definition) is 6. The van der Waals surface area contributed by atoms with Crippen molar-refractivity contribution in [2.24, 2.45) is 0 Å². The molecule has 2 aliphatic rings. The Labute approximate surface area is 236 Å². The van der Waals surface area contributed by atoms with E-state index in [1.807, 2.05) is 29.2 Å². The van der Waals surface area contributed by atoms with Crippen LogP contribution in [-0.2, 0) is 4.74 Å². The average molecular weight is 553 g/mol. The van der Waals surface area contributed by atoms with Crippen molar-refractivity contribution in [2.75, 3.05) is 24.6 Å². The Hall–Kier alpha value is -4.79. The van der Waals surface area contributed by atoms with Crippen LogP contribution in [0.3, 0.4) is 0 Å². The van der Waals surface area contributed by atoms with Gasteiger partial charge in [0.05, 0.1) is 0 Å². The summed E-state index contributed by atoms with van der Waals surface area (Å²) in [7, 11) is 0. The molecule has 2 heterocycles. The molecule has 0 bridgehead atoms. The van der Waals surface area contributed by atoms with E-state index in [9.17, 15) is 19.1 Å². The molecule has 1 aliphatic carbocycles. The molecule has 1 saturated heterocycles. The first kappa shape index (κ1) is 26.4. The maximum Gasteiger partial charge on any atom is 0.407 e. The maximum atomic E-state index is 14.9. The molecule has 8 nitrogen and oxygen atoms in total. The summed E-state index contributed by atoms with van der Waals surface area (Å²) < 4.78 is 20.7. The number of nitrogens with zero attached hydrogens (tertiary/aromatic N) is 3. The van der Waals surface area contributed by atoms with Crippen LogP contribution in [0.2, 0.25) is 0 Å². The molecule has 41 heavy (non-hydrogen) atoms. The number of nitrogens with one attached hydrogen (secondary N) is 1. The summed E-state index contributed by atoms with van der Waals surface area (Å²) in [5.41, 5.74) is 6.04. The quantitative estimate of drug-likeness (QED) is 0.312. The normalized spacial score (nSPS) is 16.1. The maximum absolute atomic E-state index is 14.9. The van der Waals surface area contributed by atoms with Gasteiger partial charge in [-0.15, -0.1) is 0 Å². The number of hydrogen-bond donors (Lipinski definition) is 2. The number of rotatable bonds is 6. The fraction of sp³-hybridized carbons (Fsp3) is 0.250. The number of aromatic nitrogens is 2. The molecular formula is C32H29FN4O4. The number of aromatic carboxylic acids is 1. The highest BCUT2D eigenvalue weighted by atomic mass is 19.1. The topological polar surface area (TPSA) is 105 Å². The van der Waals surface area contributed by atoms with Gasteiger partial charge in [-0.3, -0.25) is 0 Å². The molecule has 1 aromatic heterocycles. The molecule has 4 aromatic rings. The van der Waals surface area contributed by atoms with E-state index in [-0.39, 0.29) is 30.0 Å². The average Bonchev–Trinajstić information content (AvgIpc) is 3.29. The lowest BCUT2D eigenvalue weighted by atomic mass is 9.98. The number of carboxylic acid groups (broad SMARTS) is 1. The molecule has 0 saturated carbocycles. The second-order valence-electron chi connectivity index (χ2n) is 10.5. The van der Waals surface area contributed by atoms with E-state index in [1.54, 1.807) is 19.1 Å². The van der Waals surface area contributed by atoms with Crippen LogP contribution < -0.4 is 10.2 Å². The minimum Gasteiger partial charge on any atom is -0.475 e. The molecule has 0 spiro atoms. The van der Waals surface area contributed by atoms with Crippen molar-refractivity contribution in [3.05, 3.63) is 101 Å². The zero-order valence-corrected chi connectivity index (χ0v) is 22.5. The van der Waals surface area contributed by atoms with E-state index in [1.165, 1.54) is 12.3 Å². The highest BCUT2D eigenvalue weighted by Crippen LogP contribution is 2.44. The Bertz CT molecular complexity index is 1600. The number of carboxylic acids is 1. The lowest BCUT2D eigenvalue weighted by molar-refractivity contribution is 0.0683. The predicted octanol–water partition coefficient (Wildman–Crippen LogP) is 5.80. The third-order valence-electron chi connectivity index (χ3n) is 7.76. The van der Waals surface area contributed by atoms with Gasteiger partial charge in [0.15, 0.2) is 0 Å². The van der Waals surface area contributed by atoms with Crippen LogP contribution in [0.1, 0.15) is 46.1 Å². The zero-order valence-electron chi connectivity index (χ0n) is 22.5. The number of benzene rings is 3. The first-order valence-electron chi connectivity index (χ1n) is 13.6. The Morgan fingerprint density at radius 3 is 2.41 bits per heavy atom. The van der Waals surface area contributed by atoms with E-state index in [0.717, 1.165) is 34.2 Å². The first-order chi connectivity index (χ1) is 19.9. The van der Waals surface area contributed by atoms with Gasteiger partial charge in [-0.25, -0.2) is 23.9 Å². The molecule has 1 unspecified atom stereocenters. The molecule has 1 aliphatic heterocycles. The van der Waals surface area contributed by atoms with Crippen LogP contribution in [0.5, 0.6) is 0 Å². The highest BCUT2D eigenvalue weighted by Gasteiger charge is 2.30. The number of piperidine rings is 1. The number of ether oxygens (including phenoxy) is 1. The standard InChI is InChI=1S/C32H29FN4O4/c1-19-12-13-25(28(33)15-19)26-16-34-29(31(38)39)36-30(26)37-14-6-7-20(17-37)35-32(40)41-18-27-23-10-4-2-8-21(23)22-9-3-5-11-24(22)27/h2-5,8-13,15-16,20,27H,6-7,14,17-18H2,1H3,(H,35,40)(H,38,39). The molecule has 3 aromatic carbocycles. The first-order valence-corrected chi connectivity index (χ1v) is 13.6. The fourth-order valence-electron chi connectivity index (χ4n) is 5.84. The van der Waals surface area contributed by atoms with Gasteiger partial charge in [-0.2, -0.15) is 0 Å². The van der Waals surface area contributed by atoms with Crippen LogP contribution in [0.4, 0.5) is 15.0 Å². The van der Waals surface area contributed by atoms with Gasteiger partial charge >= 0.3 is 12.1 Å². The monoisotopic (exact) mass is 552 g/mol. The second kappa shape index (κ2) is 11.0. The molecule has 1 fully saturated rings. The van der Waals surface area contributed by atoms with Crippen molar-refractivity contribution in [1.29, 1.82) is 0 Å². The molecule has 6 rings (SSSR count). The van der Waals surface area contributed by atoms with E-state index in [2.05, 4.69) is 39.6 Å². The number of alkyl carbamates (subject to hydrolysis) is 1. The summed E-state index contributed by atoms with van der Waals surface area (Å²) in [6, 6.07) is 20.9. The number of carbonyl (C=O) groups excluding carboxylic acids is 1. The Morgan fingerprint density at radius 1 is 1.02 bits per heavy atom. The number of amides is 1. The van der Waals surface area contributed by atoms with Gasteiger partial charge in [0.25, 0.3) is 0 Å². The van der Waals surface area contributed by atoms with E-state index < -0.39 is 17.9 Å². The Morgan fingerprint density at radius 2 is 1.73 bits per heavy atom. The summed E-state index contributed by atoms with van der Waals surface area (Å²) in [6.45, 7) is 2.93. The largest absolute Gasteiger partial charge is 0.475 e. The van der Waals surface area contributed by atoms with Gasteiger partial charge < -0.3 is 20.1 Å². The van der Waals surface area contributed by atoms with Crippen LogP contribution in [-0.4, -0.2) is 52.9 Å². The lowest BCUT2D eigenvalue weighted by Gasteiger charge is -2.34. The molecule has 0 radical (unpaired) electrons. The van der Waals surface area contributed by atoms with Crippen molar-refractivity contribution in [3.63, 3.8) is 0 Å². The number of fused-ring (bicyclic) bond motifs is 3. The van der Waals surface area contributed by atoms with Crippen molar-refractivity contribution >= 4 is 17.9 Å². The summed E-state index contributed by atoms with van der Waals surface area (Å²) in [6.07, 6.45) is 2.27. The number of halogens is 1. The number of carbonyl (C=O) groups is 2. The van der Waals surface area contributed by atoms with Crippen LogP contribution in [0.15, 0.2) is 72.9 Å². The van der Waals surface area contributed by atoms with Crippen molar-refractivity contribution < 1.29 is 23.8 Å². The summed E-state index contributed by atoms with van der Waals surface area (Å²) in [4.78, 5) is 34.7. The van der Waals surface area contributed by atoms with E-state index in [4.69, 9.17) is 4.74 Å². The molecular weight excluding hydrogens is 523 g/mol. The third kappa shape index (κ3) is 5.23. The van der Waals surface area contributed by atoms with Gasteiger partial charge in [0, 0.05) is 42.4 Å². The molecule has 208 valence electrons. The number of anilines is 1. The Kier molecular flexibility index (Phi) is 7.09. The summed E-state index contributed by atoms with van der Waals surface area (Å²) in [5.74, 6) is -1.81. The minimum atomic E-state index is -1.27. The molecule has 2 N–H and O–H groups in total. The van der Waals surface area contributed by atoms with Crippen LogP contribution in [0.25, 0.3) is 22.3 Å². The fourth-order valence-corrected chi connectivity index (χ4v) is 5.84. The van der Waals surface area contributed by atoms with E-state index >= 15 is 0 Å². The van der Waals surface area contributed by atoms with Crippen molar-refractivity contribution in [2.45, 2.75) is 31.7 Å². The summed E-state index contributed by atoms with van der Waals surface area (Å²) >= 11 is 0. The van der Waals surface area contributed by atoms with Crippen LogP contribution in [0, 0.1) is 12.7 Å². The van der Waals surface area contributed by atoms with Gasteiger partial charge in [0.2, 0.25) is 5.82 Å². The summed E-state index contributed by atoms with van der Waals surface area (Å²) in [5, 5.41) is 12.5. The van der Waals surface area contributed by atoms with Gasteiger partial charge in [-0.05, 0) is 53.6 Å². The number of aryl methyl sites for hydroxylation is 1. The SMILES string of the molecule is Cc1ccc(-c2cnc(C(=O)O)nc2N2CCCC(NC(=O)OCC3c4ccccc4-c4ccccc43)C2)c(F)c1. The minimum absolute atomic E-state index is 0.0431. The predicted molar refractivity (Wildman–Crippen MR) is 153 cm³/mol. The molecule has 1 atom stereocenters. The lowest BCUT2D eigenvalue weighted by Crippen LogP contribution is -2.48. The smallest absolute Gasteiger partial charge is 0.407 e. The van der Waals surface area contributed by atoms with Crippen molar-refractivity contribution in [3.8, 4) is 22.3 Å². The Balaban J connectivity index is 1.17. The third-order valence-corrected chi connectivity index (χ3v) is 7.76. The second-order valence-corrected chi connectivity index (χ2v) is 10.5. The zero-order chi connectivity index (χ0) is 28.5.